The maximum atomic E-state index is 2.61. The van der Waals surface area contributed by atoms with Gasteiger partial charge in [0.2, 0.25) is 0 Å². The second-order valence-electron chi connectivity index (χ2n) is 5.27. The van der Waals surface area contributed by atoms with E-state index in [9.17, 15) is 0 Å². The van der Waals surface area contributed by atoms with Gasteiger partial charge in [-0.15, -0.1) is 0 Å². The molecule has 0 aromatic heterocycles. The topological polar surface area (TPSA) is 6.48 Å². The fourth-order valence-corrected chi connectivity index (χ4v) is 2.56. The normalized spacial score (nSPS) is 21.1. The monoisotopic (exact) mass is 232 g/mol. The molecule has 2 heteroatoms. The molecule has 2 rings (SSSR count). The first kappa shape index (κ1) is 12.6. The van der Waals surface area contributed by atoms with Crippen LogP contribution in [0.3, 0.4) is 0 Å². The van der Waals surface area contributed by atoms with Crippen molar-refractivity contribution in [2.45, 2.75) is 19.3 Å². The summed E-state index contributed by atoms with van der Waals surface area (Å²) in [6.07, 6.45) is 1.30. The van der Waals surface area contributed by atoms with Crippen LogP contribution in [0.1, 0.15) is 24.8 Å². The molecular weight excluding hydrogens is 208 g/mol. The molecule has 1 aromatic rings. The van der Waals surface area contributed by atoms with E-state index >= 15 is 0 Å². The van der Waals surface area contributed by atoms with E-state index in [4.69, 9.17) is 0 Å². The predicted molar refractivity (Wildman–Crippen MR) is 73.4 cm³/mol. The lowest BCUT2D eigenvalue weighted by Gasteiger charge is -2.24. The Labute approximate surface area is 105 Å². The molecule has 1 aliphatic heterocycles. The summed E-state index contributed by atoms with van der Waals surface area (Å²) in [5.41, 5.74) is 1.46. The Morgan fingerprint density at radius 1 is 1.06 bits per heavy atom. The van der Waals surface area contributed by atoms with Crippen LogP contribution in [0.2, 0.25) is 0 Å². The first-order valence-corrected chi connectivity index (χ1v) is 6.71. The van der Waals surface area contributed by atoms with Crippen molar-refractivity contribution < 1.29 is 0 Å². The zero-order valence-corrected chi connectivity index (χ0v) is 11.1. The summed E-state index contributed by atoms with van der Waals surface area (Å²) in [6.45, 7) is 8.45. The summed E-state index contributed by atoms with van der Waals surface area (Å²) in [4.78, 5) is 5.05. The molecule has 1 heterocycles. The summed E-state index contributed by atoms with van der Waals surface area (Å²) in [5, 5.41) is 0. The van der Waals surface area contributed by atoms with Crippen LogP contribution in [0, 0.1) is 0 Å². The highest BCUT2D eigenvalue weighted by molar-refractivity contribution is 5.19. The molecule has 1 fully saturated rings. The lowest BCUT2D eigenvalue weighted by Crippen LogP contribution is -2.31. The Bertz CT molecular complexity index is 323. The van der Waals surface area contributed by atoms with Crippen LogP contribution in [-0.2, 0) is 0 Å². The summed E-state index contributed by atoms with van der Waals surface area (Å²) in [7, 11) is 2.23. The minimum atomic E-state index is 0.639. The van der Waals surface area contributed by atoms with Gasteiger partial charge in [-0.05, 0) is 38.0 Å². The molecule has 0 amide bonds. The highest BCUT2D eigenvalue weighted by atomic mass is 15.2. The van der Waals surface area contributed by atoms with Gasteiger partial charge in [-0.1, -0.05) is 37.3 Å². The van der Waals surface area contributed by atoms with Gasteiger partial charge in [0.15, 0.2) is 0 Å². The van der Waals surface area contributed by atoms with Crippen LogP contribution < -0.4 is 0 Å². The number of likely N-dealkylation sites (N-methyl/N-ethyl adjacent to an activating group) is 1. The maximum absolute atomic E-state index is 2.61. The molecule has 1 aromatic carbocycles. The van der Waals surface area contributed by atoms with Crippen LogP contribution in [0.5, 0.6) is 0 Å². The Balaban J connectivity index is 1.88. The molecule has 2 nitrogen and oxygen atoms in total. The smallest absolute Gasteiger partial charge is 0.0109 e. The van der Waals surface area contributed by atoms with E-state index in [1.807, 2.05) is 0 Å². The fourth-order valence-electron chi connectivity index (χ4n) is 2.56. The standard InChI is InChI=1S/C15H24N2/c1-14(15-7-4-3-5-8-15)13-17-10-6-9-16(2)11-12-17/h3-5,7-8,14H,6,9-13H2,1-2H3/t14-/m1/s1. The van der Waals surface area contributed by atoms with Crippen LogP contribution in [-0.4, -0.2) is 49.6 Å². The van der Waals surface area contributed by atoms with Crippen molar-refractivity contribution >= 4 is 0 Å². The number of hydrogen-bond donors (Lipinski definition) is 0. The maximum Gasteiger partial charge on any atom is 0.0109 e. The largest absolute Gasteiger partial charge is 0.305 e. The van der Waals surface area contributed by atoms with Crippen LogP contribution in [0.15, 0.2) is 30.3 Å². The number of nitrogens with zero attached hydrogens (tertiary/aromatic N) is 2. The third kappa shape index (κ3) is 3.83. The molecular formula is C15H24N2. The van der Waals surface area contributed by atoms with E-state index in [1.165, 1.54) is 44.7 Å². The quantitative estimate of drug-likeness (QED) is 0.790. The van der Waals surface area contributed by atoms with Gasteiger partial charge in [0, 0.05) is 19.6 Å². The van der Waals surface area contributed by atoms with Crippen molar-refractivity contribution in [3.05, 3.63) is 35.9 Å². The van der Waals surface area contributed by atoms with Gasteiger partial charge >= 0.3 is 0 Å². The predicted octanol–water partition coefficient (Wildman–Crippen LogP) is 2.43. The minimum Gasteiger partial charge on any atom is -0.305 e. The van der Waals surface area contributed by atoms with Gasteiger partial charge in [0.1, 0.15) is 0 Å². The summed E-state index contributed by atoms with van der Waals surface area (Å²) in [6, 6.07) is 10.9. The fraction of sp³-hybridized carbons (Fsp3) is 0.600. The van der Waals surface area contributed by atoms with Gasteiger partial charge in [-0.3, -0.25) is 0 Å². The van der Waals surface area contributed by atoms with E-state index in [-0.39, 0.29) is 0 Å². The second-order valence-corrected chi connectivity index (χ2v) is 5.27. The third-order valence-corrected chi connectivity index (χ3v) is 3.71. The summed E-state index contributed by atoms with van der Waals surface area (Å²) < 4.78 is 0. The van der Waals surface area contributed by atoms with Crippen LogP contribution in [0.4, 0.5) is 0 Å². The summed E-state index contributed by atoms with van der Waals surface area (Å²) >= 11 is 0. The average molecular weight is 232 g/mol. The molecule has 1 atom stereocenters. The molecule has 1 saturated heterocycles. The van der Waals surface area contributed by atoms with Crippen molar-refractivity contribution in [1.82, 2.24) is 9.80 Å². The highest BCUT2D eigenvalue weighted by Gasteiger charge is 2.15. The van der Waals surface area contributed by atoms with Crippen molar-refractivity contribution in [1.29, 1.82) is 0 Å². The van der Waals surface area contributed by atoms with E-state index in [0.29, 0.717) is 5.92 Å². The average Bonchev–Trinajstić information content (AvgIpc) is 2.56. The van der Waals surface area contributed by atoms with Gasteiger partial charge in [0.05, 0.1) is 0 Å². The molecule has 0 N–H and O–H groups in total. The lowest BCUT2D eigenvalue weighted by molar-refractivity contribution is 0.265. The van der Waals surface area contributed by atoms with Gasteiger partial charge in [0.25, 0.3) is 0 Å². The minimum absolute atomic E-state index is 0.639. The van der Waals surface area contributed by atoms with Gasteiger partial charge in [-0.2, -0.15) is 0 Å². The van der Waals surface area contributed by atoms with Crippen LogP contribution in [0.25, 0.3) is 0 Å². The zero-order chi connectivity index (χ0) is 12.1. The van der Waals surface area contributed by atoms with Crippen molar-refractivity contribution in [2.75, 3.05) is 39.8 Å². The van der Waals surface area contributed by atoms with Crippen molar-refractivity contribution in [3.63, 3.8) is 0 Å². The SMILES string of the molecule is C[C@H](CN1CCCN(C)CC1)c1ccccc1. The molecule has 17 heavy (non-hydrogen) atoms. The molecule has 0 spiro atoms. The number of benzene rings is 1. The Morgan fingerprint density at radius 2 is 1.82 bits per heavy atom. The van der Waals surface area contributed by atoms with Crippen LogP contribution >= 0.6 is 0 Å². The van der Waals surface area contributed by atoms with E-state index in [1.54, 1.807) is 0 Å². The second kappa shape index (κ2) is 6.18. The summed E-state index contributed by atoms with van der Waals surface area (Å²) in [5.74, 6) is 0.639. The molecule has 94 valence electrons. The molecule has 0 radical (unpaired) electrons. The van der Waals surface area contributed by atoms with E-state index in [0.717, 1.165) is 0 Å². The lowest BCUT2D eigenvalue weighted by atomic mass is 10.0. The Morgan fingerprint density at radius 3 is 2.59 bits per heavy atom. The molecule has 0 aliphatic carbocycles. The first-order chi connectivity index (χ1) is 8.25. The molecule has 1 aliphatic rings. The van der Waals surface area contributed by atoms with Gasteiger partial charge in [-0.25, -0.2) is 0 Å². The van der Waals surface area contributed by atoms with E-state index < -0.39 is 0 Å². The van der Waals surface area contributed by atoms with Crippen molar-refractivity contribution in [2.24, 2.45) is 0 Å². The molecule has 0 bridgehead atoms. The van der Waals surface area contributed by atoms with Crippen molar-refractivity contribution in [3.8, 4) is 0 Å². The first-order valence-electron chi connectivity index (χ1n) is 6.71. The Hall–Kier alpha value is -0.860. The number of rotatable bonds is 3. The molecule has 0 unspecified atom stereocenters. The third-order valence-electron chi connectivity index (χ3n) is 3.71. The Kier molecular flexibility index (Phi) is 4.57. The highest BCUT2D eigenvalue weighted by Crippen LogP contribution is 2.16. The van der Waals surface area contributed by atoms with E-state index in [2.05, 4.69) is 54.1 Å². The zero-order valence-electron chi connectivity index (χ0n) is 11.1. The van der Waals surface area contributed by atoms with Gasteiger partial charge < -0.3 is 9.80 Å². The number of hydrogen-bond acceptors (Lipinski definition) is 2. The molecule has 0 saturated carbocycles.